The summed E-state index contributed by atoms with van der Waals surface area (Å²) < 4.78 is 5.68. The van der Waals surface area contributed by atoms with Crippen LogP contribution in [-0.4, -0.2) is 41.8 Å². The molecule has 2 aliphatic carbocycles. The van der Waals surface area contributed by atoms with Gasteiger partial charge in [-0.15, -0.1) is 0 Å². The second kappa shape index (κ2) is 10.7. The number of ether oxygens (including phenoxy) is 1. The summed E-state index contributed by atoms with van der Waals surface area (Å²) in [6.07, 6.45) is 3.58. The zero-order chi connectivity index (χ0) is 24.1. The number of rotatable bonds is 8. The monoisotopic (exact) mass is 464 g/mol. The van der Waals surface area contributed by atoms with Gasteiger partial charge in [0.2, 0.25) is 5.91 Å². The molecular formula is C27H32N2O5. The van der Waals surface area contributed by atoms with E-state index in [0.717, 1.165) is 36.8 Å². The number of carboxylic acid groups (broad SMARTS) is 1. The first kappa shape index (κ1) is 23.8. The molecular weight excluding hydrogens is 432 g/mol. The first-order valence-electron chi connectivity index (χ1n) is 12.1. The van der Waals surface area contributed by atoms with Crippen LogP contribution in [-0.2, 0) is 14.3 Å². The maximum absolute atomic E-state index is 12.7. The van der Waals surface area contributed by atoms with Crippen LogP contribution in [0.4, 0.5) is 4.79 Å². The van der Waals surface area contributed by atoms with Gasteiger partial charge in [-0.05, 0) is 47.4 Å². The summed E-state index contributed by atoms with van der Waals surface area (Å²) in [7, 11) is 0. The number of carbonyl (C=O) groups is 3. The maximum Gasteiger partial charge on any atom is 0.407 e. The van der Waals surface area contributed by atoms with E-state index < -0.39 is 18.1 Å². The lowest BCUT2D eigenvalue weighted by molar-refractivity contribution is -0.142. The van der Waals surface area contributed by atoms with Gasteiger partial charge in [-0.2, -0.15) is 0 Å². The van der Waals surface area contributed by atoms with E-state index in [9.17, 15) is 19.5 Å². The number of hydrogen-bond acceptors (Lipinski definition) is 4. The molecule has 1 fully saturated rings. The van der Waals surface area contributed by atoms with Crippen LogP contribution in [0.2, 0.25) is 0 Å². The molecule has 2 amide bonds. The molecule has 7 nitrogen and oxygen atoms in total. The minimum Gasteiger partial charge on any atom is -0.480 e. The van der Waals surface area contributed by atoms with Gasteiger partial charge in [-0.1, -0.05) is 68.3 Å². The van der Waals surface area contributed by atoms with Crippen molar-refractivity contribution in [2.45, 2.75) is 63.5 Å². The van der Waals surface area contributed by atoms with Crippen LogP contribution in [0.3, 0.4) is 0 Å². The van der Waals surface area contributed by atoms with E-state index in [1.54, 1.807) is 6.92 Å². The van der Waals surface area contributed by atoms with Crippen LogP contribution in [0.25, 0.3) is 11.1 Å². The third-order valence-electron chi connectivity index (χ3n) is 7.05. The molecule has 0 radical (unpaired) electrons. The molecule has 2 aromatic rings. The quantitative estimate of drug-likeness (QED) is 0.535. The van der Waals surface area contributed by atoms with Crippen molar-refractivity contribution in [3.05, 3.63) is 59.7 Å². The summed E-state index contributed by atoms with van der Waals surface area (Å²) >= 11 is 0. The summed E-state index contributed by atoms with van der Waals surface area (Å²) in [4.78, 5) is 36.4. The van der Waals surface area contributed by atoms with E-state index in [1.165, 1.54) is 11.1 Å². The Kier molecular flexibility index (Phi) is 7.50. The predicted octanol–water partition coefficient (Wildman–Crippen LogP) is 4.45. The van der Waals surface area contributed by atoms with Gasteiger partial charge in [-0.25, -0.2) is 9.59 Å². The smallest absolute Gasteiger partial charge is 0.407 e. The number of carbonyl (C=O) groups excluding carboxylic acids is 2. The van der Waals surface area contributed by atoms with E-state index in [1.807, 2.05) is 24.3 Å². The molecule has 0 spiro atoms. The van der Waals surface area contributed by atoms with Gasteiger partial charge in [-0.3, -0.25) is 4.79 Å². The lowest BCUT2D eigenvalue weighted by Crippen LogP contribution is -2.46. The van der Waals surface area contributed by atoms with Crippen molar-refractivity contribution >= 4 is 18.0 Å². The Labute approximate surface area is 199 Å². The lowest BCUT2D eigenvalue weighted by atomic mass is 9.82. The van der Waals surface area contributed by atoms with Crippen LogP contribution in [0.5, 0.6) is 0 Å². The number of aliphatic carboxylic acids is 1. The fraction of sp³-hybridized carbons (Fsp3) is 0.444. The van der Waals surface area contributed by atoms with Crippen molar-refractivity contribution in [2.75, 3.05) is 6.61 Å². The Bertz CT molecular complexity index is 1010. The molecule has 2 aromatic carbocycles. The molecule has 0 heterocycles. The number of amides is 2. The SMILES string of the molecule is CC[C@@H](NC(=O)C[C@@H]1CCCC[C@@H]1NC(=O)OCC1c2ccccc2-c2ccccc21)C(=O)O. The normalized spacial score (nSPS) is 20.0. The second-order valence-electron chi connectivity index (χ2n) is 9.19. The zero-order valence-electron chi connectivity index (χ0n) is 19.5. The van der Waals surface area contributed by atoms with Crippen LogP contribution in [0.15, 0.2) is 48.5 Å². The number of alkyl carbamates (subject to hydrolysis) is 1. The van der Waals surface area contributed by atoms with Gasteiger partial charge in [0.05, 0.1) is 0 Å². The molecule has 0 aromatic heterocycles. The Morgan fingerprint density at radius 3 is 2.24 bits per heavy atom. The third-order valence-corrected chi connectivity index (χ3v) is 7.05. The molecule has 0 bridgehead atoms. The van der Waals surface area contributed by atoms with Crippen LogP contribution in [0.1, 0.15) is 62.5 Å². The summed E-state index contributed by atoms with van der Waals surface area (Å²) in [5, 5.41) is 14.7. The standard InChI is InChI=1S/C27H32N2O5/c1-2-23(26(31)32)28-25(30)15-17-9-3-8-14-24(17)29-27(33)34-16-22-20-12-6-4-10-18(20)19-11-5-7-13-21(19)22/h4-7,10-13,17,22-24H,2-3,8-9,14-16H2,1H3,(H,28,30)(H,29,33)(H,31,32)/t17-,23+,24-/m0/s1. The van der Waals surface area contributed by atoms with Gasteiger partial charge in [0.15, 0.2) is 0 Å². The summed E-state index contributed by atoms with van der Waals surface area (Å²) in [5.41, 5.74) is 4.68. The van der Waals surface area contributed by atoms with E-state index in [0.29, 0.717) is 6.42 Å². The average molecular weight is 465 g/mol. The van der Waals surface area contributed by atoms with Gasteiger partial charge in [0, 0.05) is 18.4 Å². The van der Waals surface area contributed by atoms with Crippen LogP contribution in [0, 0.1) is 5.92 Å². The minimum absolute atomic E-state index is 0.00641. The van der Waals surface area contributed by atoms with Crippen molar-refractivity contribution in [1.82, 2.24) is 10.6 Å². The fourth-order valence-electron chi connectivity index (χ4n) is 5.26. The van der Waals surface area contributed by atoms with Gasteiger partial charge in [0.1, 0.15) is 12.6 Å². The molecule has 7 heteroatoms. The van der Waals surface area contributed by atoms with E-state index in [-0.39, 0.29) is 36.8 Å². The largest absolute Gasteiger partial charge is 0.480 e. The molecule has 0 unspecified atom stereocenters. The van der Waals surface area contributed by atoms with Gasteiger partial charge >= 0.3 is 12.1 Å². The highest BCUT2D eigenvalue weighted by Gasteiger charge is 2.32. The molecule has 34 heavy (non-hydrogen) atoms. The molecule has 3 N–H and O–H groups in total. The summed E-state index contributed by atoms with van der Waals surface area (Å²) in [6, 6.07) is 15.3. The van der Waals surface area contributed by atoms with Crippen molar-refractivity contribution < 1.29 is 24.2 Å². The molecule has 1 saturated carbocycles. The second-order valence-corrected chi connectivity index (χ2v) is 9.19. The Hall–Kier alpha value is -3.35. The number of carboxylic acids is 1. The third kappa shape index (κ3) is 5.24. The Morgan fingerprint density at radius 1 is 1.00 bits per heavy atom. The predicted molar refractivity (Wildman–Crippen MR) is 128 cm³/mol. The highest BCUT2D eigenvalue weighted by Crippen LogP contribution is 2.44. The lowest BCUT2D eigenvalue weighted by Gasteiger charge is -2.32. The fourth-order valence-corrected chi connectivity index (χ4v) is 5.26. The van der Waals surface area contributed by atoms with Gasteiger partial charge < -0.3 is 20.5 Å². The van der Waals surface area contributed by atoms with E-state index >= 15 is 0 Å². The molecule has 4 rings (SSSR count). The highest BCUT2D eigenvalue weighted by atomic mass is 16.5. The minimum atomic E-state index is -1.03. The van der Waals surface area contributed by atoms with Crippen LogP contribution < -0.4 is 10.6 Å². The number of benzene rings is 2. The van der Waals surface area contributed by atoms with Crippen molar-refractivity contribution in [3.8, 4) is 11.1 Å². The van der Waals surface area contributed by atoms with E-state index in [2.05, 4.69) is 34.9 Å². The van der Waals surface area contributed by atoms with Crippen molar-refractivity contribution in [3.63, 3.8) is 0 Å². The molecule has 0 saturated heterocycles. The maximum atomic E-state index is 12.7. The van der Waals surface area contributed by atoms with Crippen LogP contribution >= 0.6 is 0 Å². The number of hydrogen-bond donors (Lipinski definition) is 3. The first-order chi connectivity index (χ1) is 16.5. The molecule has 2 aliphatic rings. The Morgan fingerprint density at radius 2 is 1.62 bits per heavy atom. The average Bonchev–Trinajstić information content (AvgIpc) is 3.16. The number of nitrogens with one attached hydrogen (secondary N) is 2. The van der Waals surface area contributed by atoms with E-state index in [4.69, 9.17) is 4.74 Å². The molecule has 180 valence electrons. The number of fused-ring (bicyclic) bond motifs is 3. The highest BCUT2D eigenvalue weighted by molar-refractivity contribution is 5.83. The summed E-state index contributed by atoms with van der Waals surface area (Å²) in [5.74, 6) is -1.37. The zero-order valence-corrected chi connectivity index (χ0v) is 19.5. The first-order valence-corrected chi connectivity index (χ1v) is 12.1. The van der Waals surface area contributed by atoms with Crippen molar-refractivity contribution in [2.24, 2.45) is 5.92 Å². The molecule has 3 atom stereocenters. The van der Waals surface area contributed by atoms with Gasteiger partial charge in [0.25, 0.3) is 0 Å². The summed E-state index contributed by atoms with van der Waals surface area (Å²) in [6.45, 7) is 1.97. The Balaban J connectivity index is 1.35. The molecule has 0 aliphatic heterocycles. The van der Waals surface area contributed by atoms with Crippen molar-refractivity contribution in [1.29, 1.82) is 0 Å². The topological polar surface area (TPSA) is 105 Å².